The van der Waals surface area contributed by atoms with Crippen molar-refractivity contribution in [3.05, 3.63) is 65.4 Å². The number of alkyl halides is 3. The number of hydrogen-bond donors (Lipinski definition) is 3. The molecule has 39 heavy (non-hydrogen) atoms. The number of rotatable bonds is 7. The summed E-state index contributed by atoms with van der Waals surface area (Å²) in [6, 6.07) is 9.12. The summed E-state index contributed by atoms with van der Waals surface area (Å²) < 4.78 is 59.5. The van der Waals surface area contributed by atoms with E-state index in [-0.39, 0.29) is 48.4 Å². The highest BCUT2D eigenvalue weighted by atomic mass is 19.4. The molecule has 3 heterocycles. The molecular formula is C27H23F4N5O3. The lowest BCUT2D eigenvalue weighted by molar-refractivity contribution is -0.165. The molecule has 202 valence electrons. The van der Waals surface area contributed by atoms with Gasteiger partial charge in [-0.1, -0.05) is 17.3 Å². The van der Waals surface area contributed by atoms with E-state index in [2.05, 4.69) is 25.8 Å². The van der Waals surface area contributed by atoms with Crippen LogP contribution in [0.2, 0.25) is 0 Å². The van der Waals surface area contributed by atoms with E-state index in [9.17, 15) is 27.2 Å². The van der Waals surface area contributed by atoms with Crippen molar-refractivity contribution < 1.29 is 31.7 Å². The predicted octanol–water partition coefficient (Wildman–Crippen LogP) is 5.41. The fourth-order valence-corrected chi connectivity index (χ4v) is 4.70. The normalized spacial score (nSPS) is 16.6. The third kappa shape index (κ3) is 4.75. The van der Waals surface area contributed by atoms with Crippen LogP contribution in [0, 0.1) is 5.82 Å². The highest BCUT2D eigenvalue weighted by molar-refractivity contribution is 5.98. The van der Waals surface area contributed by atoms with E-state index in [4.69, 9.17) is 4.52 Å². The number of aromatic nitrogens is 3. The molecule has 0 bridgehead atoms. The number of nitrogens with zero attached hydrogens (tertiary/aromatic N) is 2. The van der Waals surface area contributed by atoms with Gasteiger partial charge in [-0.05, 0) is 61.4 Å². The number of anilines is 1. The monoisotopic (exact) mass is 541 g/mol. The van der Waals surface area contributed by atoms with Crippen LogP contribution >= 0.6 is 0 Å². The van der Waals surface area contributed by atoms with Gasteiger partial charge >= 0.3 is 6.18 Å². The summed E-state index contributed by atoms with van der Waals surface area (Å²) in [4.78, 5) is 32.2. The summed E-state index contributed by atoms with van der Waals surface area (Å²) >= 11 is 0. The van der Waals surface area contributed by atoms with Gasteiger partial charge in [0.1, 0.15) is 22.6 Å². The molecule has 3 aromatic heterocycles. The quantitative estimate of drug-likeness (QED) is 0.271. The Morgan fingerprint density at radius 3 is 2.56 bits per heavy atom. The second kappa shape index (κ2) is 9.21. The van der Waals surface area contributed by atoms with E-state index in [0.717, 1.165) is 25.3 Å². The van der Waals surface area contributed by atoms with E-state index in [0.29, 0.717) is 27.9 Å². The number of carbonyl (C=O) groups excluding carboxylic acids is 2. The molecule has 0 spiro atoms. The maximum atomic E-state index is 14.9. The molecular weight excluding hydrogens is 518 g/mol. The van der Waals surface area contributed by atoms with Crippen molar-refractivity contribution in [3.63, 3.8) is 0 Å². The molecule has 6 rings (SSSR count). The Kier molecular flexibility index (Phi) is 5.92. The Bertz CT molecular complexity index is 1580. The van der Waals surface area contributed by atoms with E-state index in [1.54, 1.807) is 24.4 Å². The van der Waals surface area contributed by atoms with Crippen molar-refractivity contribution in [2.45, 2.75) is 56.2 Å². The first-order valence-electron chi connectivity index (χ1n) is 12.5. The number of pyridine rings is 1. The molecule has 1 aromatic carbocycles. The van der Waals surface area contributed by atoms with Crippen molar-refractivity contribution in [3.8, 4) is 11.1 Å². The van der Waals surface area contributed by atoms with Gasteiger partial charge in [0.25, 0.3) is 5.91 Å². The Morgan fingerprint density at radius 2 is 1.90 bits per heavy atom. The van der Waals surface area contributed by atoms with Crippen molar-refractivity contribution in [2.24, 2.45) is 0 Å². The third-order valence-corrected chi connectivity index (χ3v) is 7.43. The highest BCUT2D eigenvalue weighted by Crippen LogP contribution is 2.59. The first-order valence-corrected chi connectivity index (χ1v) is 12.5. The fourth-order valence-electron chi connectivity index (χ4n) is 4.70. The molecule has 0 unspecified atom stereocenters. The Labute approximate surface area is 219 Å². The average Bonchev–Trinajstić information content (AvgIpc) is 3.38. The molecule has 0 saturated heterocycles. The van der Waals surface area contributed by atoms with Crippen molar-refractivity contribution in [1.29, 1.82) is 0 Å². The minimum atomic E-state index is -4.47. The van der Waals surface area contributed by atoms with Gasteiger partial charge in [0.2, 0.25) is 5.91 Å². The maximum Gasteiger partial charge on any atom is 0.401 e. The Morgan fingerprint density at radius 1 is 1.10 bits per heavy atom. The lowest BCUT2D eigenvalue weighted by Crippen LogP contribution is -2.39. The number of halogens is 4. The molecule has 8 nitrogen and oxygen atoms in total. The molecule has 3 N–H and O–H groups in total. The largest absolute Gasteiger partial charge is 0.401 e. The van der Waals surface area contributed by atoms with E-state index in [1.165, 1.54) is 12.1 Å². The summed E-state index contributed by atoms with van der Waals surface area (Å²) in [6.07, 6.45) is -0.400. The summed E-state index contributed by atoms with van der Waals surface area (Å²) in [7, 11) is 0. The van der Waals surface area contributed by atoms with Gasteiger partial charge < -0.3 is 20.1 Å². The van der Waals surface area contributed by atoms with Gasteiger partial charge in [-0.3, -0.25) is 9.59 Å². The number of H-pyrrole nitrogens is 1. The molecule has 0 atom stereocenters. The van der Waals surface area contributed by atoms with Gasteiger partial charge in [0.05, 0.1) is 6.42 Å². The number of aromatic amines is 1. The second-order valence-corrected chi connectivity index (χ2v) is 10.1. The smallest absolute Gasteiger partial charge is 0.358 e. The van der Waals surface area contributed by atoms with Crippen molar-refractivity contribution >= 4 is 28.7 Å². The van der Waals surface area contributed by atoms with Crippen LogP contribution in [0.4, 0.5) is 23.4 Å². The fraction of sp³-hybridized carbons (Fsp3) is 0.333. The first-order chi connectivity index (χ1) is 18.6. The number of hydrogen-bond acceptors (Lipinski definition) is 5. The van der Waals surface area contributed by atoms with E-state index in [1.807, 2.05) is 0 Å². The van der Waals surface area contributed by atoms with Crippen LogP contribution in [0.25, 0.3) is 22.2 Å². The van der Waals surface area contributed by atoms with E-state index >= 15 is 0 Å². The number of benzene rings is 1. The maximum absolute atomic E-state index is 14.9. The average molecular weight is 542 g/mol. The first kappa shape index (κ1) is 25.1. The topological polar surface area (TPSA) is 113 Å². The van der Waals surface area contributed by atoms with Crippen LogP contribution in [0.5, 0.6) is 0 Å². The van der Waals surface area contributed by atoms with Gasteiger partial charge in [-0.25, -0.2) is 9.37 Å². The number of carbonyl (C=O) groups is 2. The SMILES string of the molecule is O=C(Cc1ccc(-c2cnc3[nH]c(C(=O)NC4CCC4)cc3c2)cc1F)Nc1cc(C2(C(F)(F)F)CC2)on1. The lowest BCUT2D eigenvalue weighted by Gasteiger charge is -2.25. The van der Waals surface area contributed by atoms with Crippen molar-refractivity contribution in [2.75, 3.05) is 5.32 Å². The number of fused-ring (bicyclic) bond motifs is 1. The minimum absolute atomic E-state index is 0.0968. The Balaban J connectivity index is 1.12. The minimum Gasteiger partial charge on any atom is -0.358 e. The van der Waals surface area contributed by atoms with Crippen LogP contribution in [0.3, 0.4) is 0 Å². The Hall–Kier alpha value is -4.22. The van der Waals surface area contributed by atoms with Crippen molar-refractivity contribution in [1.82, 2.24) is 20.4 Å². The lowest BCUT2D eigenvalue weighted by atomic mass is 9.93. The van der Waals surface area contributed by atoms with E-state index < -0.39 is 23.3 Å². The van der Waals surface area contributed by atoms with Gasteiger partial charge in [-0.2, -0.15) is 13.2 Å². The third-order valence-electron chi connectivity index (χ3n) is 7.43. The predicted molar refractivity (Wildman–Crippen MR) is 132 cm³/mol. The molecule has 2 fully saturated rings. The molecule has 2 amide bonds. The van der Waals surface area contributed by atoms with Gasteiger partial charge in [0, 0.05) is 29.3 Å². The summed E-state index contributed by atoms with van der Waals surface area (Å²) in [5.41, 5.74) is 0.128. The zero-order valence-electron chi connectivity index (χ0n) is 20.5. The zero-order chi connectivity index (χ0) is 27.4. The van der Waals surface area contributed by atoms with Gasteiger partial charge in [0.15, 0.2) is 11.6 Å². The van der Waals surface area contributed by atoms with Gasteiger partial charge in [-0.15, -0.1) is 0 Å². The summed E-state index contributed by atoms with van der Waals surface area (Å²) in [6.45, 7) is 0. The molecule has 12 heteroatoms. The molecule has 0 radical (unpaired) electrons. The summed E-state index contributed by atoms with van der Waals surface area (Å²) in [5, 5.41) is 9.54. The van der Waals surface area contributed by atoms with Crippen LogP contribution in [-0.2, 0) is 16.6 Å². The molecule has 0 aliphatic heterocycles. The van der Waals surface area contributed by atoms with Crippen LogP contribution < -0.4 is 10.6 Å². The number of nitrogens with one attached hydrogen (secondary N) is 3. The van der Waals surface area contributed by atoms with Crippen LogP contribution in [0.15, 0.2) is 47.1 Å². The van der Waals surface area contributed by atoms with Crippen LogP contribution in [-0.4, -0.2) is 39.2 Å². The number of amides is 2. The molecule has 2 aliphatic carbocycles. The zero-order valence-corrected chi connectivity index (χ0v) is 20.5. The molecule has 4 aromatic rings. The molecule has 2 saturated carbocycles. The standard InChI is InChI=1S/C27H23F4N5O3/c28-19-9-14(17-8-16-10-20(34-24(16)32-13-17)25(38)33-18-2-1-3-18)4-5-15(19)11-23(37)35-22-12-21(39-36-22)26(6-7-26)27(29,30)31/h4-5,8-10,12-13,18H,1-3,6-7,11H2,(H,32,34)(H,33,38)(H,35,36,37). The second-order valence-electron chi connectivity index (χ2n) is 10.1. The highest BCUT2D eigenvalue weighted by Gasteiger charge is 2.66. The molecule has 2 aliphatic rings. The van der Waals surface area contributed by atoms with Crippen LogP contribution in [0.1, 0.15) is 53.9 Å². The summed E-state index contributed by atoms with van der Waals surface area (Å²) in [5.74, 6) is -1.98.